The molecule has 0 amide bonds. The van der Waals surface area contributed by atoms with E-state index in [1.807, 2.05) is 12.1 Å². The third-order valence-corrected chi connectivity index (χ3v) is 4.37. The van der Waals surface area contributed by atoms with Gasteiger partial charge in [0.15, 0.2) is 0 Å². The average molecular weight is 313 g/mol. The number of benzene rings is 1. The molecule has 0 radical (unpaired) electrons. The molecule has 0 atom stereocenters. The van der Waals surface area contributed by atoms with Crippen LogP contribution in [0.15, 0.2) is 24.3 Å². The zero-order chi connectivity index (χ0) is 13.9. The normalized spacial score (nSPS) is 16.6. The summed E-state index contributed by atoms with van der Waals surface area (Å²) in [6, 6.07) is 6.92. The molecule has 0 saturated carbocycles. The molecule has 1 aliphatic heterocycles. The van der Waals surface area contributed by atoms with E-state index in [9.17, 15) is 4.39 Å². The number of rotatable bonds is 3. The summed E-state index contributed by atoms with van der Waals surface area (Å²) >= 11 is 7.18. The van der Waals surface area contributed by atoms with Crippen molar-refractivity contribution >= 4 is 28.6 Å². The lowest BCUT2D eigenvalue weighted by Gasteiger charge is -2.35. The van der Waals surface area contributed by atoms with Crippen molar-refractivity contribution in [2.45, 2.75) is 6.54 Å². The Hall–Kier alpha value is -1.24. The van der Waals surface area contributed by atoms with E-state index in [1.54, 1.807) is 6.07 Å². The molecule has 0 bridgehead atoms. The van der Waals surface area contributed by atoms with Crippen LogP contribution in [0.3, 0.4) is 0 Å². The maximum atomic E-state index is 13.7. The molecule has 20 heavy (non-hydrogen) atoms. The number of aromatic nitrogens is 2. The fraction of sp³-hybridized carbons (Fsp3) is 0.385. The molecule has 3 rings (SSSR count). The lowest BCUT2D eigenvalue weighted by molar-refractivity contribution is 0.248. The molecule has 0 aliphatic carbocycles. The van der Waals surface area contributed by atoms with Crippen molar-refractivity contribution in [1.29, 1.82) is 0 Å². The molecule has 0 N–H and O–H groups in total. The molecule has 0 unspecified atom stereocenters. The van der Waals surface area contributed by atoms with E-state index >= 15 is 0 Å². The van der Waals surface area contributed by atoms with E-state index in [-0.39, 0.29) is 5.82 Å². The lowest BCUT2D eigenvalue weighted by Crippen LogP contribution is -2.46. The summed E-state index contributed by atoms with van der Waals surface area (Å²) < 4.78 is 14.2. The first kappa shape index (κ1) is 13.7. The Balaban J connectivity index is 1.58. The van der Waals surface area contributed by atoms with Crippen molar-refractivity contribution in [3.63, 3.8) is 0 Å². The molecule has 1 saturated heterocycles. The minimum atomic E-state index is -0.156. The minimum Gasteiger partial charge on any atom is -0.367 e. The summed E-state index contributed by atoms with van der Waals surface area (Å²) in [5.41, 5.74) is 0.686. The Kier molecular flexibility index (Phi) is 4.14. The molecule has 1 aromatic heterocycles. The van der Waals surface area contributed by atoms with Crippen LogP contribution in [-0.2, 0) is 6.54 Å². The predicted molar refractivity (Wildman–Crippen MR) is 78.8 cm³/mol. The number of halogens is 2. The van der Waals surface area contributed by atoms with Crippen molar-refractivity contribution in [3.8, 4) is 0 Å². The smallest absolute Gasteiger partial charge is 0.207 e. The third-order valence-electron chi connectivity index (χ3n) is 3.37. The fourth-order valence-corrected chi connectivity index (χ4v) is 3.25. The van der Waals surface area contributed by atoms with Crippen LogP contribution < -0.4 is 4.90 Å². The first-order valence-electron chi connectivity index (χ1n) is 6.42. The molecule has 1 fully saturated rings. The van der Waals surface area contributed by atoms with E-state index in [0.717, 1.165) is 37.7 Å². The summed E-state index contributed by atoms with van der Waals surface area (Å²) in [4.78, 5) is 4.37. The Labute approximate surface area is 125 Å². The van der Waals surface area contributed by atoms with Gasteiger partial charge in [0.05, 0.1) is 12.2 Å². The van der Waals surface area contributed by atoms with Crippen LogP contribution in [0.2, 0.25) is 4.47 Å². The monoisotopic (exact) mass is 312 g/mol. The molecule has 1 aliphatic rings. The second kappa shape index (κ2) is 6.03. The number of anilines is 1. The summed E-state index contributed by atoms with van der Waals surface area (Å²) in [7, 11) is 0. The van der Waals surface area contributed by atoms with E-state index in [0.29, 0.717) is 10.2 Å². The van der Waals surface area contributed by atoms with Crippen LogP contribution >= 0.6 is 22.9 Å². The third kappa shape index (κ3) is 3.08. The van der Waals surface area contributed by atoms with Gasteiger partial charge in [0.25, 0.3) is 0 Å². The van der Waals surface area contributed by atoms with Crippen molar-refractivity contribution in [3.05, 3.63) is 39.6 Å². The molecule has 4 nitrogen and oxygen atoms in total. The van der Waals surface area contributed by atoms with Gasteiger partial charge in [-0.2, -0.15) is 0 Å². The van der Waals surface area contributed by atoms with Crippen LogP contribution in [0.4, 0.5) is 10.1 Å². The summed E-state index contributed by atoms with van der Waals surface area (Å²) in [5, 5.41) is 8.75. The topological polar surface area (TPSA) is 32.3 Å². The van der Waals surface area contributed by atoms with Gasteiger partial charge >= 0.3 is 0 Å². The zero-order valence-electron chi connectivity index (χ0n) is 10.8. The van der Waals surface area contributed by atoms with Gasteiger partial charge in [-0.1, -0.05) is 23.5 Å². The second-order valence-corrected chi connectivity index (χ2v) is 6.31. The number of hydrogen-bond donors (Lipinski definition) is 0. The predicted octanol–water partition coefficient (Wildman–Crippen LogP) is 2.65. The van der Waals surface area contributed by atoms with Crippen molar-refractivity contribution in [1.82, 2.24) is 15.1 Å². The van der Waals surface area contributed by atoms with Gasteiger partial charge in [-0.3, -0.25) is 4.90 Å². The van der Waals surface area contributed by atoms with Crippen LogP contribution in [0.5, 0.6) is 0 Å². The van der Waals surface area contributed by atoms with E-state index < -0.39 is 0 Å². The van der Waals surface area contributed by atoms with Crippen LogP contribution in [-0.4, -0.2) is 41.3 Å². The van der Waals surface area contributed by atoms with Crippen LogP contribution in [0.1, 0.15) is 5.01 Å². The van der Waals surface area contributed by atoms with Gasteiger partial charge in [-0.25, -0.2) is 4.39 Å². The van der Waals surface area contributed by atoms with Gasteiger partial charge in [0, 0.05) is 26.2 Å². The Morgan fingerprint density at radius 3 is 2.55 bits per heavy atom. The van der Waals surface area contributed by atoms with Gasteiger partial charge in [-0.05, 0) is 23.7 Å². The number of piperazine rings is 1. The molecule has 106 valence electrons. The number of para-hydroxylation sites is 1. The quantitative estimate of drug-likeness (QED) is 0.872. The Morgan fingerprint density at radius 2 is 1.90 bits per heavy atom. The molecule has 1 aromatic carbocycles. The van der Waals surface area contributed by atoms with Gasteiger partial charge in [0.1, 0.15) is 10.8 Å². The van der Waals surface area contributed by atoms with Gasteiger partial charge < -0.3 is 4.90 Å². The van der Waals surface area contributed by atoms with Crippen molar-refractivity contribution in [2.75, 3.05) is 31.1 Å². The average Bonchev–Trinajstić information content (AvgIpc) is 2.86. The highest BCUT2D eigenvalue weighted by Crippen LogP contribution is 2.21. The van der Waals surface area contributed by atoms with Crippen molar-refractivity contribution < 1.29 is 4.39 Å². The number of nitrogens with zero attached hydrogens (tertiary/aromatic N) is 4. The first-order valence-corrected chi connectivity index (χ1v) is 7.61. The van der Waals surface area contributed by atoms with Crippen LogP contribution in [0, 0.1) is 5.82 Å². The summed E-state index contributed by atoms with van der Waals surface area (Å²) in [6.07, 6.45) is 0. The Morgan fingerprint density at radius 1 is 1.15 bits per heavy atom. The minimum absolute atomic E-state index is 0.156. The highest BCUT2D eigenvalue weighted by Gasteiger charge is 2.20. The van der Waals surface area contributed by atoms with Gasteiger partial charge in [0.2, 0.25) is 4.47 Å². The molecular weight excluding hydrogens is 299 g/mol. The zero-order valence-corrected chi connectivity index (χ0v) is 12.4. The highest BCUT2D eigenvalue weighted by molar-refractivity contribution is 7.15. The Bertz CT molecular complexity index is 583. The summed E-state index contributed by atoms with van der Waals surface area (Å²) in [6.45, 7) is 4.15. The SMILES string of the molecule is Fc1ccccc1N1CCN(Cc2nnc(Cl)s2)CC1. The maximum Gasteiger partial charge on any atom is 0.207 e. The summed E-state index contributed by atoms with van der Waals surface area (Å²) in [5.74, 6) is -0.156. The molecular formula is C13H14ClFN4S. The molecule has 7 heteroatoms. The van der Waals surface area contributed by atoms with Crippen LogP contribution in [0.25, 0.3) is 0 Å². The van der Waals surface area contributed by atoms with Crippen molar-refractivity contribution in [2.24, 2.45) is 0 Å². The van der Waals surface area contributed by atoms with E-state index in [4.69, 9.17) is 11.6 Å². The largest absolute Gasteiger partial charge is 0.367 e. The highest BCUT2D eigenvalue weighted by atomic mass is 35.5. The molecule has 0 spiro atoms. The first-order chi connectivity index (χ1) is 9.72. The second-order valence-electron chi connectivity index (χ2n) is 4.66. The lowest BCUT2D eigenvalue weighted by atomic mass is 10.2. The van der Waals surface area contributed by atoms with E-state index in [1.165, 1.54) is 17.4 Å². The van der Waals surface area contributed by atoms with Gasteiger partial charge in [-0.15, -0.1) is 10.2 Å². The standard InChI is InChI=1S/C13H14ClFN4S/c14-13-17-16-12(20-13)9-18-5-7-19(8-6-18)11-4-2-1-3-10(11)15/h1-4H,5-9H2. The molecule has 2 aromatic rings. The molecule has 2 heterocycles. The maximum absolute atomic E-state index is 13.7. The van der Waals surface area contributed by atoms with E-state index in [2.05, 4.69) is 20.0 Å². The number of hydrogen-bond acceptors (Lipinski definition) is 5. The fourth-order valence-electron chi connectivity index (χ4n) is 2.34.